The molecule has 1 rings (SSSR count). The van der Waals surface area contributed by atoms with Crippen molar-refractivity contribution in [2.45, 2.75) is 19.9 Å². The van der Waals surface area contributed by atoms with Gasteiger partial charge in [0.2, 0.25) is 0 Å². The molecule has 1 N–H and O–H groups in total. The molecule has 0 saturated heterocycles. The summed E-state index contributed by atoms with van der Waals surface area (Å²) in [5, 5.41) is 4.02. The number of carbonyl (C=O) groups excluding carboxylic acids is 1. The zero-order valence-electron chi connectivity index (χ0n) is 11.3. The molecular formula is C14H20ClNO3. The zero-order chi connectivity index (χ0) is 14.1. The molecule has 0 amide bonds. The number of hydrogen-bond acceptors (Lipinski definition) is 4. The second-order valence-electron chi connectivity index (χ2n) is 4.09. The lowest BCUT2D eigenvalue weighted by atomic mass is 10.1. The fourth-order valence-corrected chi connectivity index (χ4v) is 1.80. The van der Waals surface area contributed by atoms with E-state index < -0.39 is 0 Å². The summed E-state index contributed by atoms with van der Waals surface area (Å²) in [6.07, 6.45) is 0. The first-order valence-corrected chi connectivity index (χ1v) is 6.73. The molecule has 0 saturated carbocycles. The molecule has 1 aromatic carbocycles. The average molecular weight is 286 g/mol. The van der Waals surface area contributed by atoms with Crippen molar-refractivity contribution in [2.24, 2.45) is 0 Å². The number of halogens is 1. The number of ether oxygens (including phenoxy) is 2. The van der Waals surface area contributed by atoms with Crippen molar-refractivity contribution in [3.63, 3.8) is 0 Å². The van der Waals surface area contributed by atoms with Gasteiger partial charge in [0, 0.05) is 17.6 Å². The van der Waals surface area contributed by atoms with E-state index in [4.69, 9.17) is 21.1 Å². The maximum atomic E-state index is 11.0. The van der Waals surface area contributed by atoms with Crippen LogP contribution >= 0.6 is 11.6 Å². The van der Waals surface area contributed by atoms with Crippen molar-refractivity contribution in [3.05, 3.63) is 34.9 Å². The number of rotatable bonds is 8. The molecule has 5 heteroatoms. The number of carbonyl (C=O) groups is 1. The van der Waals surface area contributed by atoms with Gasteiger partial charge in [-0.15, -0.1) is 0 Å². The summed E-state index contributed by atoms with van der Waals surface area (Å²) < 4.78 is 9.95. The first-order valence-electron chi connectivity index (χ1n) is 6.35. The van der Waals surface area contributed by atoms with Crippen LogP contribution in [-0.2, 0) is 14.3 Å². The van der Waals surface area contributed by atoms with E-state index in [1.54, 1.807) is 6.92 Å². The Balaban J connectivity index is 2.17. The maximum Gasteiger partial charge on any atom is 0.332 e. The Morgan fingerprint density at radius 2 is 2.26 bits per heavy atom. The molecule has 0 fully saturated rings. The third kappa shape index (κ3) is 6.57. The van der Waals surface area contributed by atoms with Crippen molar-refractivity contribution in [1.29, 1.82) is 0 Å². The average Bonchev–Trinajstić information content (AvgIpc) is 2.38. The second kappa shape index (κ2) is 8.91. The van der Waals surface area contributed by atoms with Crippen LogP contribution in [0.1, 0.15) is 25.5 Å². The van der Waals surface area contributed by atoms with E-state index in [9.17, 15) is 4.79 Å². The Bertz CT molecular complexity index is 398. The molecule has 0 radical (unpaired) electrons. The Morgan fingerprint density at radius 1 is 1.47 bits per heavy atom. The van der Waals surface area contributed by atoms with Crippen LogP contribution < -0.4 is 5.32 Å². The number of benzene rings is 1. The zero-order valence-corrected chi connectivity index (χ0v) is 12.1. The molecule has 106 valence electrons. The van der Waals surface area contributed by atoms with Gasteiger partial charge >= 0.3 is 5.97 Å². The van der Waals surface area contributed by atoms with Crippen LogP contribution in [0.4, 0.5) is 0 Å². The van der Waals surface area contributed by atoms with Gasteiger partial charge in [0.05, 0.1) is 13.2 Å². The Morgan fingerprint density at radius 3 is 2.95 bits per heavy atom. The number of esters is 1. The predicted octanol–water partition coefficient (Wildman–Crippen LogP) is 2.57. The van der Waals surface area contributed by atoms with Crippen LogP contribution in [0, 0.1) is 0 Å². The summed E-state index contributed by atoms with van der Waals surface area (Å²) in [6.45, 7) is 5.33. The fraction of sp³-hybridized carbons (Fsp3) is 0.500. The molecule has 0 heterocycles. The lowest BCUT2D eigenvalue weighted by molar-refractivity contribution is -0.148. The lowest BCUT2D eigenvalue weighted by Gasteiger charge is -2.14. The minimum atomic E-state index is -0.328. The Kier molecular flexibility index (Phi) is 7.48. The summed E-state index contributed by atoms with van der Waals surface area (Å²) in [5.41, 5.74) is 1.12. The lowest BCUT2D eigenvalue weighted by Crippen LogP contribution is -2.24. The van der Waals surface area contributed by atoms with Gasteiger partial charge in [-0.05, 0) is 31.5 Å². The van der Waals surface area contributed by atoms with Crippen molar-refractivity contribution in [2.75, 3.05) is 26.4 Å². The van der Waals surface area contributed by atoms with E-state index >= 15 is 0 Å². The molecule has 0 bridgehead atoms. The standard InChI is InChI=1S/C14H20ClNO3/c1-3-19-14(17)10-18-8-7-16-11(2)12-5-4-6-13(15)9-12/h4-6,9,11,16H,3,7-8,10H2,1-2H3/t11-/m0/s1. The minimum Gasteiger partial charge on any atom is -0.464 e. The topological polar surface area (TPSA) is 47.6 Å². The van der Waals surface area contributed by atoms with Gasteiger partial charge in [0.15, 0.2) is 0 Å². The smallest absolute Gasteiger partial charge is 0.332 e. The molecule has 19 heavy (non-hydrogen) atoms. The molecule has 0 unspecified atom stereocenters. The highest BCUT2D eigenvalue weighted by atomic mass is 35.5. The summed E-state index contributed by atoms with van der Waals surface area (Å²) >= 11 is 5.93. The SMILES string of the molecule is CCOC(=O)COCCN[C@@H](C)c1cccc(Cl)c1. The molecular weight excluding hydrogens is 266 g/mol. The highest BCUT2D eigenvalue weighted by molar-refractivity contribution is 6.30. The second-order valence-corrected chi connectivity index (χ2v) is 4.52. The van der Waals surface area contributed by atoms with Gasteiger partial charge in [-0.25, -0.2) is 4.79 Å². The van der Waals surface area contributed by atoms with Crippen LogP contribution in [0.5, 0.6) is 0 Å². The monoisotopic (exact) mass is 285 g/mol. The Labute approximate surface area is 119 Å². The molecule has 0 aliphatic heterocycles. The molecule has 4 nitrogen and oxygen atoms in total. The van der Waals surface area contributed by atoms with Crippen LogP contribution in [-0.4, -0.2) is 32.3 Å². The van der Waals surface area contributed by atoms with Crippen LogP contribution in [0.3, 0.4) is 0 Å². The largest absolute Gasteiger partial charge is 0.464 e. The van der Waals surface area contributed by atoms with E-state index in [1.807, 2.05) is 24.3 Å². The minimum absolute atomic E-state index is 0.00106. The van der Waals surface area contributed by atoms with E-state index in [0.717, 1.165) is 10.6 Å². The number of hydrogen-bond donors (Lipinski definition) is 1. The van der Waals surface area contributed by atoms with Gasteiger partial charge in [0.1, 0.15) is 6.61 Å². The van der Waals surface area contributed by atoms with E-state index in [0.29, 0.717) is 19.8 Å². The molecule has 0 aromatic heterocycles. The van der Waals surface area contributed by atoms with Gasteiger partial charge in [-0.2, -0.15) is 0 Å². The third-order valence-electron chi connectivity index (χ3n) is 2.57. The first-order chi connectivity index (χ1) is 9.13. The molecule has 0 aliphatic rings. The number of nitrogens with one attached hydrogen (secondary N) is 1. The fourth-order valence-electron chi connectivity index (χ4n) is 1.60. The van der Waals surface area contributed by atoms with Gasteiger partial charge in [0.25, 0.3) is 0 Å². The van der Waals surface area contributed by atoms with E-state index in [2.05, 4.69) is 12.2 Å². The quantitative estimate of drug-likeness (QED) is 0.589. The summed E-state index contributed by atoms with van der Waals surface area (Å²) in [4.78, 5) is 11.0. The molecule has 0 aliphatic carbocycles. The van der Waals surface area contributed by atoms with Crippen LogP contribution in [0.25, 0.3) is 0 Å². The summed E-state index contributed by atoms with van der Waals surface area (Å²) in [5.74, 6) is -0.328. The predicted molar refractivity (Wildman–Crippen MR) is 75.3 cm³/mol. The van der Waals surface area contributed by atoms with Crippen molar-refractivity contribution >= 4 is 17.6 Å². The molecule has 1 aromatic rings. The van der Waals surface area contributed by atoms with Gasteiger partial charge < -0.3 is 14.8 Å². The summed E-state index contributed by atoms with van der Waals surface area (Å²) in [6, 6.07) is 7.90. The van der Waals surface area contributed by atoms with E-state index in [-0.39, 0.29) is 18.6 Å². The molecule has 0 spiro atoms. The molecule has 1 atom stereocenters. The Hall–Kier alpha value is -1.10. The van der Waals surface area contributed by atoms with Crippen molar-refractivity contribution < 1.29 is 14.3 Å². The highest BCUT2D eigenvalue weighted by Gasteiger charge is 2.05. The van der Waals surface area contributed by atoms with Crippen LogP contribution in [0.2, 0.25) is 5.02 Å². The van der Waals surface area contributed by atoms with Crippen molar-refractivity contribution in [3.8, 4) is 0 Å². The summed E-state index contributed by atoms with van der Waals surface area (Å²) in [7, 11) is 0. The van der Waals surface area contributed by atoms with Gasteiger partial charge in [-0.3, -0.25) is 0 Å². The van der Waals surface area contributed by atoms with Crippen molar-refractivity contribution in [1.82, 2.24) is 5.32 Å². The maximum absolute atomic E-state index is 11.0. The van der Waals surface area contributed by atoms with Crippen LogP contribution in [0.15, 0.2) is 24.3 Å². The normalized spacial score (nSPS) is 12.2. The van der Waals surface area contributed by atoms with E-state index in [1.165, 1.54) is 0 Å². The highest BCUT2D eigenvalue weighted by Crippen LogP contribution is 2.16. The third-order valence-corrected chi connectivity index (χ3v) is 2.81. The first kappa shape index (κ1) is 16.0. The van der Waals surface area contributed by atoms with Gasteiger partial charge in [-0.1, -0.05) is 23.7 Å².